The van der Waals surface area contributed by atoms with E-state index in [0.717, 1.165) is 5.56 Å². The monoisotopic (exact) mass is 311 g/mol. The predicted molar refractivity (Wildman–Crippen MR) is 86.6 cm³/mol. The highest BCUT2D eigenvalue weighted by atomic mass is 16.5. The fraction of sp³-hybridized carbons (Fsp3) is 0.111. The Morgan fingerprint density at radius 2 is 1.74 bits per heavy atom. The summed E-state index contributed by atoms with van der Waals surface area (Å²) in [5.74, 6) is -0.937. The van der Waals surface area contributed by atoms with Gasteiger partial charge in [0.2, 0.25) is 5.91 Å². The summed E-state index contributed by atoms with van der Waals surface area (Å²) in [6.07, 6.45) is 1.39. The Morgan fingerprint density at radius 1 is 1.09 bits per heavy atom. The standard InChI is InChI=1S/C18H17NO4/c1-13(20)19-17(18(21)22)11-14-7-9-16(10-8-14)23-12-15-5-3-2-4-6-15/h2-11H,12H2,1H3,(H,19,20)(H,21,22)/b17-11-. The van der Waals surface area contributed by atoms with Crippen LogP contribution in [0, 0.1) is 0 Å². The number of carbonyl (C=O) groups excluding carboxylic acids is 1. The van der Waals surface area contributed by atoms with Gasteiger partial charge in [-0.2, -0.15) is 0 Å². The number of rotatable bonds is 6. The molecule has 0 fully saturated rings. The first kappa shape index (κ1) is 16.3. The molecule has 0 spiro atoms. The second-order valence-electron chi connectivity index (χ2n) is 4.89. The van der Waals surface area contributed by atoms with Crippen molar-refractivity contribution in [1.82, 2.24) is 5.32 Å². The normalized spacial score (nSPS) is 10.9. The van der Waals surface area contributed by atoms with Crippen molar-refractivity contribution in [3.05, 3.63) is 71.4 Å². The van der Waals surface area contributed by atoms with Gasteiger partial charge >= 0.3 is 5.97 Å². The number of hydrogen-bond donors (Lipinski definition) is 2. The highest BCUT2D eigenvalue weighted by molar-refractivity contribution is 5.96. The number of amides is 1. The van der Waals surface area contributed by atoms with Crippen LogP contribution in [-0.2, 0) is 16.2 Å². The van der Waals surface area contributed by atoms with E-state index in [1.165, 1.54) is 13.0 Å². The molecule has 0 bridgehead atoms. The lowest BCUT2D eigenvalue weighted by Gasteiger charge is -2.07. The SMILES string of the molecule is CC(=O)N/C(=C\c1ccc(OCc2ccccc2)cc1)C(=O)O. The van der Waals surface area contributed by atoms with Gasteiger partial charge in [0.05, 0.1) is 0 Å². The van der Waals surface area contributed by atoms with Crippen molar-refractivity contribution in [3.63, 3.8) is 0 Å². The number of benzene rings is 2. The Kier molecular flexibility index (Phi) is 5.52. The van der Waals surface area contributed by atoms with Gasteiger partial charge in [0, 0.05) is 6.92 Å². The molecule has 0 saturated carbocycles. The van der Waals surface area contributed by atoms with Crippen LogP contribution in [0.3, 0.4) is 0 Å². The minimum Gasteiger partial charge on any atom is -0.489 e. The summed E-state index contributed by atoms with van der Waals surface area (Å²) in [4.78, 5) is 22.0. The third kappa shape index (κ3) is 5.32. The number of nitrogens with one attached hydrogen (secondary N) is 1. The number of carboxylic acid groups (broad SMARTS) is 1. The summed E-state index contributed by atoms with van der Waals surface area (Å²) in [6, 6.07) is 16.7. The zero-order valence-electron chi connectivity index (χ0n) is 12.7. The first-order valence-electron chi connectivity index (χ1n) is 7.04. The summed E-state index contributed by atoms with van der Waals surface area (Å²) in [5, 5.41) is 11.3. The van der Waals surface area contributed by atoms with E-state index in [-0.39, 0.29) is 5.70 Å². The van der Waals surface area contributed by atoms with Crippen molar-refractivity contribution in [2.24, 2.45) is 0 Å². The van der Waals surface area contributed by atoms with Gasteiger partial charge in [-0.3, -0.25) is 4.79 Å². The third-order valence-electron chi connectivity index (χ3n) is 2.98. The summed E-state index contributed by atoms with van der Waals surface area (Å²) in [7, 11) is 0. The minimum absolute atomic E-state index is 0.171. The van der Waals surface area contributed by atoms with Crippen LogP contribution in [0.15, 0.2) is 60.3 Å². The van der Waals surface area contributed by atoms with E-state index in [1.807, 2.05) is 30.3 Å². The highest BCUT2D eigenvalue weighted by Gasteiger charge is 2.08. The van der Waals surface area contributed by atoms with Gasteiger partial charge in [-0.25, -0.2) is 4.79 Å². The number of aliphatic carboxylic acids is 1. The Labute approximate surface area is 134 Å². The molecule has 23 heavy (non-hydrogen) atoms. The van der Waals surface area contributed by atoms with Gasteiger partial charge in [-0.05, 0) is 29.3 Å². The van der Waals surface area contributed by atoms with Crippen LogP contribution in [0.25, 0.3) is 6.08 Å². The van der Waals surface area contributed by atoms with Crippen molar-refractivity contribution >= 4 is 18.0 Å². The van der Waals surface area contributed by atoms with Gasteiger partial charge in [-0.15, -0.1) is 0 Å². The quantitative estimate of drug-likeness (QED) is 0.804. The molecule has 2 N–H and O–H groups in total. The van der Waals surface area contributed by atoms with Gasteiger partial charge in [-0.1, -0.05) is 42.5 Å². The molecule has 2 rings (SSSR count). The molecule has 5 nitrogen and oxygen atoms in total. The molecule has 1 amide bonds. The fourth-order valence-corrected chi connectivity index (χ4v) is 1.91. The van der Waals surface area contributed by atoms with E-state index in [0.29, 0.717) is 17.9 Å². The molecule has 0 heterocycles. The van der Waals surface area contributed by atoms with E-state index >= 15 is 0 Å². The summed E-state index contributed by atoms with van der Waals surface area (Å²) >= 11 is 0. The molecule has 0 radical (unpaired) electrons. The molecule has 2 aromatic carbocycles. The van der Waals surface area contributed by atoms with Crippen LogP contribution in [0.1, 0.15) is 18.1 Å². The molecular weight excluding hydrogens is 294 g/mol. The topological polar surface area (TPSA) is 75.6 Å². The van der Waals surface area contributed by atoms with Gasteiger partial charge in [0.1, 0.15) is 18.1 Å². The Hall–Kier alpha value is -3.08. The summed E-state index contributed by atoms with van der Waals surface area (Å²) in [5.41, 5.74) is 1.55. The molecule has 0 aliphatic heterocycles. The molecule has 2 aromatic rings. The maximum atomic E-state index is 11.1. The molecule has 0 unspecified atom stereocenters. The van der Waals surface area contributed by atoms with E-state index in [4.69, 9.17) is 9.84 Å². The van der Waals surface area contributed by atoms with Gasteiger partial charge in [0.15, 0.2) is 0 Å². The summed E-state index contributed by atoms with van der Waals surface area (Å²) < 4.78 is 5.66. The largest absolute Gasteiger partial charge is 0.489 e. The minimum atomic E-state index is -1.19. The maximum absolute atomic E-state index is 11.1. The van der Waals surface area contributed by atoms with Crippen LogP contribution in [0.5, 0.6) is 5.75 Å². The fourth-order valence-electron chi connectivity index (χ4n) is 1.91. The van der Waals surface area contributed by atoms with Crippen molar-refractivity contribution in [3.8, 4) is 5.75 Å². The van der Waals surface area contributed by atoms with Crippen molar-refractivity contribution in [2.45, 2.75) is 13.5 Å². The van der Waals surface area contributed by atoms with Crippen LogP contribution in [-0.4, -0.2) is 17.0 Å². The lowest BCUT2D eigenvalue weighted by Crippen LogP contribution is -2.24. The maximum Gasteiger partial charge on any atom is 0.352 e. The Bertz CT molecular complexity index is 706. The Morgan fingerprint density at radius 3 is 2.30 bits per heavy atom. The predicted octanol–water partition coefficient (Wildman–Crippen LogP) is 2.83. The number of ether oxygens (including phenoxy) is 1. The molecule has 0 aromatic heterocycles. The van der Waals surface area contributed by atoms with Gasteiger partial charge in [0.25, 0.3) is 0 Å². The van der Waals surface area contributed by atoms with E-state index < -0.39 is 11.9 Å². The molecular formula is C18H17NO4. The van der Waals surface area contributed by atoms with Crippen molar-refractivity contribution in [1.29, 1.82) is 0 Å². The highest BCUT2D eigenvalue weighted by Crippen LogP contribution is 2.16. The third-order valence-corrected chi connectivity index (χ3v) is 2.98. The lowest BCUT2D eigenvalue weighted by atomic mass is 10.2. The van der Waals surface area contributed by atoms with E-state index in [1.54, 1.807) is 24.3 Å². The molecule has 0 aliphatic rings. The van der Waals surface area contributed by atoms with E-state index in [2.05, 4.69) is 5.32 Å². The van der Waals surface area contributed by atoms with Crippen LogP contribution < -0.4 is 10.1 Å². The van der Waals surface area contributed by atoms with Crippen molar-refractivity contribution < 1.29 is 19.4 Å². The molecule has 5 heteroatoms. The second kappa shape index (κ2) is 7.79. The van der Waals surface area contributed by atoms with E-state index in [9.17, 15) is 9.59 Å². The average molecular weight is 311 g/mol. The number of carboxylic acids is 1. The average Bonchev–Trinajstić information content (AvgIpc) is 2.54. The first-order valence-corrected chi connectivity index (χ1v) is 7.04. The van der Waals surface area contributed by atoms with Crippen LogP contribution in [0.4, 0.5) is 0 Å². The second-order valence-corrected chi connectivity index (χ2v) is 4.89. The van der Waals surface area contributed by atoms with Crippen LogP contribution in [0.2, 0.25) is 0 Å². The van der Waals surface area contributed by atoms with Crippen molar-refractivity contribution in [2.75, 3.05) is 0 Å². The molecule has 118 valence electrons. The first-order chi connectivity index (χ1) is 11.0. The molecule has 0 atom stereocenters. The van der Waals surface area contributed by atoms with Crippen LogP contribution >= 0.6 is 0 Å². The lowest BCUT2D eigenvalue weighted by molar-refractivity contribution is -0.134. The Balaban J connectivity index is 2.03. The number of carbonyl (C=O) groups is 2. The number of hydrogen-bond acceptors (Lipinski definition) is 3. The zero-order valence-corrected chi connectivity index (χ0v) is 12.7. The molecule has 0 aliphatic carbocycles. The smallest absolute Gasteiger partial charge is 0.352 e. The zero-order chi connectivity index (χ0) is 16.7. The summed E-state index contributed by atoms with van der Waals surface area (Å²) in [6.45, 7) is 1.72. The van der Waals surface area contributed by atoms with Gasteiger partial charge < -0.3 is 15.2 Å². The molecule has 0 saturated heterocycles.